The van der Waals surface area contributed by atoms with Crippen LogP contribution in [0.5, 0.6) is 0 Å². The average Bonchev–Trinajstić information content (AvgIpc) is 2.73. The molecule has 1 saturated heterocycles. The van der Waals surface area contributed by atoms with Gasteiger partial charge in [0.15, 0.2) is 0 Å². The van der Waals surface area contributed by atoms with E-state index in [2.05, 4.69) is 5.32 Å². The Morgan fingerprint density at radius 3 is 2.23 bits per heavy atom. The number of halogens is 4. The number of rotatable bonds is 5. The SMILES string of the molecule is O=C(CCN1CCN(C(=O)c2ccccc2C(F)(F)F)CC1)Nc1ccccc1F. The summed E-state index contributed by atoms with van der Waals surface area (Å²) in [6.45, 7) is 1.81. The van der Waals surface area contributed by atoms with Crippen LogP contribution < -0.4 is 5.32 Å². The highest BCUT2D eigenvalue weighted by molar-refractivity contribution is 5.96. The fourth-order valence-corrected chi connectivity index (χ4v) is 3.30. The van der Waals surface area contributed by atoms with Crippen LogP contribution >= 0.6 is 0 Å². The first-order valence-corrected chi connectivity index (χ1v) is 9.48. The fourth-order valence-electron chi connectivity index (χ4n) is 3.30. The Labute approximate surface area is 171 Å². The van der Waals surface area contributed by atoms with Gasteiger partial charge in [-0.1, -0.05) is 24.3 Å². The standard InChI is InChI=1S/C21H21F4N3O2/c22-17-7-3-4-8-18(17)26-19(29)9-10-27-11-13-28(14-12-27)20(30)15-5-1-2-6-16(15)21(23,24)25/h1-8H,9-14H2,(H,26,29). The molecule has 30 heavy (non-hydrogen) atoms. The van der Waals surface area contributed by atoms with Crippen LogP contribution in [0.3, 0.4) is 0 Å². The maximum absolute atomic E-state index is 13.6. The van der Waals surface area contributed by atoms with Gasteiger partial charge in [-0.25, -0.2) is 4.39 Å². The van der Waals surface area contributed by atoms with Crippen LogP contribution in [-0.2, 0) is 11.0 Å². The minimum Gasteiger partial charge on any atom is -0.336 e. The monoisotopic (exact) mass is 423 g/mol. The van der Waals surface area contributed by atoms with E-state index in [4.69, 9.17) is 0 Å². The van der Waals surface area contributed by atoms with Crippen molar-refractivity contribution < 1.29 is 27.2 Å². The second-order valence-corrected chi connectivity index (χ2v) is 6.96. The third-order valence-corrected chi connectivity index (χ3v) is 4.93. The molecule has 2 amide bonds. The molecule has 160 valence electrons. The van der Waals surface area contributed by atoms with Gasteiger partial charge in [0.05, 0.1) is 16.8 Å². The van der Waals surface area contributed by atoms with Gasteiger partial charge in [0.25, 0.3) is 5.91 Å². The van der Waals surface area contributed by atoms with Crippen molar-refractivity contribution in [2.75, 3.05) is 38.0 Å². The molecule has 5 nitrogen and oxygen atoms in total. The predicted octanol–water partition coefficient (Wildman–Crippen LogP) is 3.63. The zero-order valence-electron chi connectivity index (χ0n) is 16.1. The number of benzene rings is 2. The third-order valence-electron chi connectivity index (χ3n) is 4.93. The number of piperazine rings is 1. The first kappa shape index (κ1) is 21.8. The van der Waals surface area contributed by atoms with Gasteiger partial charge in [0, 0.05) is 39.1 Å². The first-order chi connectivity index (χ1) is 14.3. The summed E-state index contributed by atoms with van der Waals surface area (Å²) in [5.41, 5.74) is -1.19. The van der Waals surface area contributed by atoms with Crippen LogP contribution in [0.15, 0.2) is 48.5 Å². The van der Waals surface area contributed by atoms with Gasteiger partial charge in [0.2, 0.25) is 5.91 Å². The highest BCUT2D eigenvalue weighted by Crippen LogP contribution is 2.32. The van der Waals surface area contributed by atoms with Gasteiger partial charge < -0.3 is 10.2 Å². The van der Waals surface area contributed by atoms with Crippen molar-refractivity contribution in [3.63, 3.8) is 0 Å². The zero-order chi connectivity index (χ0) is 21.7. The van der Waals surface area contributed by atoms with Crippen LogP contribution in [0.4, 0.5) is 23.2 Å². The molecule has 1 N–H and O–H groups in total. The van der Waals surface area contributed by atoms with Crippen LogP contribution in [0, 0.1) is 5.82 Å². The first-order valence-electron chi connectivity index (χ1n) is 9.48. The summed E-state index contributed by atoms with van der Waals surface area (Å²) in [6, 6.07) is 10.6. The van der Waals surface area contributed by atoms with E-state index in [1.54, 1.807) is 6.07 Å². The van der Waals surface area contributed by atoms with Gasteiger partial charge >= 0.3 is 6.18 Å². The van der Waals surface area contributed by atoms with Crippen LogP contribution in [-0.4, -0.2) is 54.3 Å². The normalized spacial score (nSPS) is 15.1. The second-order valence-electron chi connectivity index (χ2n) is 6.96. The molecule has 1 heterocycles. The number of para-hydroxylation sites is 1. The van der Waals surface area contributed by atoms with E-state index in [-0.39, 0.29) is 36.7 Å². The van der Waals surface area contributed by atoms with Gasteiger partial charge in [-0.3, -0.25) is 14.5 Å². The minimum absolute atomic E-state index is 0.112. The number of nitrogens with one attached hydrogen (secondary N) is 1. The van der Waals surface area contributed by atoms with Crippen LogP contribution in [0.25, 0.3) is 0 Å². The second kappa shape index (κ2) is 9.25. The number of nitrogens with zero attached hydrogens (tertiary/aromatic N) is 2. The number of hydrogen-bond donors (Lipinski definition) is 1. The smallest absolute Gasteiger partial charge is 0.336 e. The Morgan fingerprint density at radius 2 is 1.57 bits per heavy atom. The van der Waals surface area contributed by atoms with E-state index in [0.29, 0.717) is 19.6 Å². The maximum Gasteiger partial charge on any atom is 0.417 e. The maximum atomic E-state index is 13.6. The lowest BCUT2D eigenvalue weighted by molar-refractivity contribution is -0.138. The molecule has 1 fully saturated rings. The number of hydrogen-bond acceptors (Lipinski definition) is 3. The number of alkyl halides is 3. The van der Waals surface area contributed by atoms with Gasteiger partial charge in [-0.15, -0.1) is 0 Å². The Balaban J connectivity index is 1.50. The molecular weight excluding hydrogens is 402 g/mol. The zero-order valence-corrected chi connectivity index (χ0v) is 16.1. The molecule has 9 heteroatoms. The molecule has 0 aromatic heterocycles. The largest absolute Gasteiger partial charge is 0.417 e. The highest BCUT2D eigenvalue weighted by atomic mass is 19.4. The molecule has 1 aliphatic rings. The van der Waals surface area contributed by atoms with Crippen molar-refractivity contribution in [3.8, 4) is 0 Å². The molecule has 1 aliphatic heterocycles. The van der Waals surface area contributed by atoms with E-state index >= 15 is 0 Å². The molecule has 3 rings (SSSR count). The molecule has 2 aromatic rings. The van der Waals surface area contributed by atoms with E-state index < -0.39 is 23.5 Å². The molecular formula is C21H21F4N3O2. The topological polar surface area (TPSA) is 52.7 Å². The van der Waals surface area contributed by atoms with E-state index in [1.807, 2.05) is 4.90 Å². The Hall–Kier alpha value is -2.94. The Morgan fingerprint density at radius 1 is 0.933 bits per heavy atom. The average molecular weight is 423 g/mol. The minimum atomic E-state index is -4.60. The van der Waals surface area contributed by atoms with Gasteiger partial charge in [-0.05, 0) is 24.3 Å². The fraction of sp³-hybridized carbons (Fsp3) is 0.333. The van der Waals surface area contributed by atoms with Crippen molar-refractivity contribution >= 4 is 17.5 Å². The molecule has 0 spiro atoms. The molecule has 0 unspecified atom stereocenters. The summed E-state index contributed by atoms with van der Waals surface area (Å²) in [6.07, 6.45) is -4.46. The van der Waals surface area contributed by atoms with E-state index in [1.165, 1.54) is 41.3 Å². The van der Waals surface area contributed by atoms with Crippen molar-refractivity contribution in [3.05, 3.63) is 65.5 Å². The van der Waals surface area contributed by atoms with Gasteiger partial charge in [0.1, 0.15) is 5.82 Å². The van der Waals surface area contributed by atoms with Crippen molar-refractivity contribution in [1.29, 1.82) is 0 Å². The lowest BCUT2D eigenvalue weighted by atomic mass is 10.1. The third kappa shape index (κ3) is 5.35. The highest BCUT2D eigenvalue weighted by Gasteiger charge is 2.36. The lowest BCUT2D eigenvalue weighted by Gasteiger charge is -2.35. The van der Waals surface area contributed by atoms with Crippen molar-refractivity contribution in [1.82, 2.24) is 9.80 Å². The lowest BCUT2D eigenvalue weighted by Crippen LogP contribution is -2.49. The van der Waals surface area contributed by atoms with Crippen LogP contribution in [0.2, 0.25) is 0 Å². The number of amides is 2. The summed E-state index contributed by atoms with van der Waals surface area (Å²) in [5.74, 6) is -1.50. The van der Waals surface area contributed by atoms with E-state index in [0.717, 1.165) is 6.07 Å². The quantitative estimate of drug-likeness (QED) is 0.748. The number of carbonyl (C=O) groups is 2. The molecule has 0 saturated carbocycles. The Kier molecular flexibility index (Phi) is 6.71. The van der Waals surface area contributed by atoms with Crippen molar-refractivity contribution in [2.45, 2.75) is 12.6 Å². The summed E-state index contributed by atoms with van der Waals surface area (Å²) in [7, 11) is 0. The summed E-state index contributed by atoms with van der Waals surface area (Å²) in [5, 5.41) is 2.51. The van der Waals surface area contributed by atoms with Crippen molar-refractivity contribution in [2.24, 2.45) is 0 Å². The van der Waals surface area contributed by atoms with E-state index in [9.17, 15) is 27.2 Å². The molecule has 0 radical (unpaired) electrons. The molecule has 2 aromatic carbocycles. The number of carbonyl (C=O) groups excluding carboxylic acids is 2. The molecule has 0 atom stereocenters. The van der Waals surface area contributed by atoms with Gasteiger partial charge in [-0.2, -0.15) is 13.2 Å². The summed E-state index contributed by atoms with van der Waals surface area (Å²) in [4.78, 5) is 27.9. The summed E-state index contributed by atoms with van der Waals surface area (Å²) < 4.78 is 53.0. The predicted molar refractivity (Wildman–Crippen MR) is 103 cm³/mol. The van der Waals surface area contributed by atoms with Crippen LogP contribution in [0.1, 0.15) is 22.3 Å². The Bertz CT molecular complexity index is 909. The molecule has 0 bridgehead atoms. The molecule has 0 aliphatic carbocycles. The summed E-state index contributed by atoms with van der Waals surface area (Å²) >= 11 is 0. The number of anilines is 1.